The summed E-state index contributed by atoms with van der Waals surface area (Å²) < 4.78 is 0. The van der Waals surface area contributed by atoms with Gasteiger partial charge in [-0.05, 0) is 54.8 Å². The lowest BCUT2D eigenvalue weighted by atomic mass is 9.93. The van der Waals surface area contributed by atoms with Gasteiger partial charge in [0, 0.05) is 46.5 Å². The lowest BCUT2D eigenvalue weighted by molar-refractivity contribution is 0.402. The zero-order valence-corrected chi connectivity index (χ0v) is 16.9. The van der Waals surface area contributed by atoms with Gasteiger partial charge in [0.05, 0.1) is 11.7 Å². The third-order valence-electron chi connectivity index (χ3n) is 5.08. The van der Waals surface area contributed by atoms with E-state index in [0.29, 0.717) is 17.3 Å². The van der Waals surface area contributed by atoms with Gasteiger partial charge in [-0.1, -0.05) is 23.7 Å². The molecule has 0 fully saturated rings. The number of rotatable bonds is 3. The fourth-order valence-electron chi connectivity index (χ4n) is 3.72. The molecule has 148 valence electrons. The van der Waals surface area contributed by atoms with Gasteiger partial charge in [-0.25, -0.2) is 15.8 Å². The van der Waals surface area contributed by atoms with E-state index in [1.54, 1.807) is 5.01 Å². The zero-order chi connectivity index (χ0) is 20.4. The first-order valence-corrected chi connectivity index (χ1v) is 9.81. The molecule has 1 aliphatic rings. The van der Waals surface area contributed by atoms with E-state index in [0.717, 1.165) is 40.1 Å². The highest BCUT2D eigenvalue weighted by atomic mass is 35.5. The van der Waals surface area contributed by atoms with Gasteiger partial charge in [0.15, 0.2) is 0 Å². The molecular weight excluding hydrogens is 384 g/mol. The number of nitrogens with two attached hydrogens (primary N) is 2. The summed E-state index contributed by atoms with van der Waals surface area (Å²) >= 11 is 6.04. The van der Waals surface area contributed by atoms with Crippen molar-refractivity contribution in [3.8, 4) is 11.1 Å². The number of halogens is 1. The minimum atomic E-state index is 0.0543. The Morgan fingerprint density at radius 3 is 2.52 bits per heavy atom. The Morgan fingerprint density at radius 1 is 1.10 bits per heavy atom. The second kappa shape index (κ2) is 8.11. The van der Waals surface area contributed by atoms with Crippen molar-refractivity contribution in [3.05, 3.63) is 83.0 Å². The summed E-state index contributed by atoms with van der Waals surface area (Å²) in [6.07, 6.45) is 5.97. The first kappa shape index (κ1) is 19.2. The van der Waals surface area contributed by atoms with E-state index < -0.39 is 0 Å². The molecule has 2 heterocycles. The highest BCUT2D eigenvalue weighted by Crippen LogP contribution is 2.37. The first-order chi connectivity index (χ1) is 14.0. The van der Waals surface area contributed by atoms with Gasteiger partial charge in [0.1, 0.15) is 6.33 Å². The van der Waals surface area contributed by atoms with Crippen LogP contribution >= 0.6 is 11.6 Å². The van der Waals surface area contributed by atoms with Crippen LogP contribution in [0, 0.1) is 0 Å². The molecule has 0 bridgehead atoms. The van der Waals surface area contributed by atoms with Gasteiger partial charge in [-0.3, -0.25) is 0 Å². The van der Waals surface area contributed by atoms with Crippen molar-refractivity contribution in [3.63, 3.8) is 0 Å². The van der Waals surface area contributed by atoms with Gasteiger partial charge >= 0.3 is 0 Å². The average Bonchev–Trinajstić information content (AvgIpc) is 2.86. The third-order valence-corrected chi connectivity index (χ3v) is 5.33. The fourth-order valence-corrected chi connectivity index (χ4v) is 3.85. The lowest BCUT2D eigenvalue weighted by Gasteiger charge is -2.22. The number of fused-ring (bicyclic) bond motifs is 1. The van der Waals surface area contributed by atoms with Crippen LogP contribution in [-0.4, -0.2) is 21.5 Å². The molecule has 1 unspecified atom stereocenters. The van der Waals surface area contributed by atoms with Crippen LogP contribution < -0.4 is 16.9 Å². The van der Waals surface area contributed by atoms with E-state index in [1.807, 2.05) is 43.6 Å². The van der Waals surface area contributed by atoms with Gasteiger partial charge in [-0.2, -0.15) is 0 Å². The quantitative estimate of drug-likeness (QED) is 0.565. The molecule has 2 aromatic carbocycles. The van der Waals surface area contributed by atoms with Crippen molar-refractivity contribution in [1.29, 1.82) is 0 Å². The molecule has 0 radical (unpaired) electrons. The topological polar surface area (TPSA) is 93.1 Å². The van der Waals surface area contributed by atoms with Crippen LogP contribution in [0.1, 0.15) is 30.5 Å². The Balaban J connectivity index is 1.82. The molecule has 6 nitrogen and oxygen atoms in total. The van der Waals surface area contributed by atoms with Crippen LogP contribution in [-0.2, 0) is 0 Å². The van der Waals surface area contributed by atoms with Crippen LogP contribution in [0.2, 0.25) is 5.02 Å². The summed E-state index contributed by atoms with van der Waals surface area (Å²) in [4.78, 5) is 8.29. The van der Waals surface area contributed by atoms with E-state index in [9.17, 15) is 0 Å². The van der Waals surface area contributed by atoms with Gasteiger partial charge in [0.25, 0.3) is 0 Å². The zero-order valence-electron chi connectivity index (χ0n) is 16.1. The number of nitrogens with one attached hydrogen (secondary N) is 1. The molecular formula is C22H23ClN6. The van der Waals surface area contributed by atoms with Crippen molar-refractivity contribution >= 4 is 23.0 Å². The SMILES string of the molecule is C/C(N)=C1\c2ccc(-c3cncnc3)cc2C(Nc2ccc(Cl)cc2)CCN1N. The van der Waals surface area contributed by atoms with Crippen molar-refractivity contribution in [2.75, 3.05) is 11.9 Å². The van der Waals surface area contributed by atoms with Crippen LogP contribution in [0.3, 0.4) is 0 Å². The summed E-state index contributed by atoms with van der Waals surface area (Å²) in [5.74, 6) is 6.35. The summed E-state index contributed by atoms with van der Waals surface area (Å²) in [6.45, 7) is 2.55. The molecule has 7 heteroatoms. The van der Waals surface area contributed by atoms with E-state index in [-0.39, 0.29) is 6.04 Å². The number of anilines is 1. The smallest absolute Gasteiger partial charge is 0.115 e. The Kier molecular flexibility index (Phi) is 5.38. The predicted octanol–water partition coefficient (Wildman–Crippen LogP) is 4.18. The monoisotopic (exact) mass is 406 g/mol. The largest absolute Gasteiger partial charge is 0.401 e. The molecule has 0 saturated heterocycles. The van der Waals surface area contributed by atoms with E-state index in [2.05, 4.69) is 33.5 Å². The van der Waals surface area contributed by atoms with Crippen molar-refractivity contribution in [2.24, 2.45) is 11.6 Å². The molecule has 1 atom stereocenters. The molecule has 0 amide bonds. The molecule has 0 spiro atoms. The van der Waals surface area contributed by atoms with Crippen molar-refractivity contribution in [1.82, 2.24) is 15.0 Å². The number of benzene rings is 2. The van der Waals surface area contributed by atoms with Gasteiger partial charge in [0.2, 0.25) is 0 Å². The number of hydrazine groups is 1. The summed E-state index contributed by atoms with van der Waals surface area (Å²) in [5, 5.41) is 6.08. The number of aromatic nitrogens is 2. The fraction of sp³-hybridized carbons (Fsp3) is 0.182. The van der Waals surface area contributed by atoms with Gasteiger partial charge < -0.3 is 16.1 Å². The maximum Gasteiger partial charge on any atom is 0.115 e. The number of allylic oxidation sites excluding steroid dienone is 1. The molecule has 1 aromatic heterocycles. The normalized spacial score (nSPS) is 18.0. The molecule has 5 N–H and O–H groups in total. The average molecular weight is 407 g/mol. The molecule has 4 rings (SSSR count). The number of hydrogen-bond acceptors (Lipinski definition) is 6. The Hall–Kier alpha value is -3.09. The maximum absolute atomic E-state index is 6.35. The summed E-state index contributed by atoms with van der Waals surface area (Å²) in [5.41, 5.74) is 12.9. The first-order valence-electron chi connectivity index (χ1n) is 9.43. The molecule has 0 saturated carbocycles. The van der Waals surface area contributed by atoms with Gasteiger partial charge in [-0.15, -0.1) is 0 Å². The van der Waals surface area contributed by atoms with E-state index >= 15 is 0 Å². The van der Waals surface area contributed by atoms with Crippen molar-refractivity contribution < 1.29 is 0 Å². The third kappa shape index (κ3) is 4.04. The minimum Gasteiger partial charge on any atom is -0.401 e. The molecule has 1 aliphatic heterocycles. The van der Waals surface area contributed by atoms with Crippen LogP contribution in [0.15, 0.2) is 66.9 Å². The molecule has 29 heavy (non-hydrogen) atoms. The highest BCUT2D eigenvalue weighted by Gasteiger charge is 2.26. The predicted molar refractivity (Wildman–Crippen MR) is 118 cm³/mol. The standard InChI is InChI=1S/C22H23ClN6/c1-14(24)22-19-7-2-15(16-11-26-13-27-12-16)10-20(19)21(8-9-29(22)25)28-18-5-3-17(23)4-6-18/h2-7,10-13,21,28H,8-9,24-25H2,1H3/b22-14-. The Bertz CT molecular complexity index is 1030. The Morgan fingerprint density at radius 2 is 1.83 bits per heavy atom. The van der Waals surface area contributed by atoms with E-state index in [4.69, 9.17) is 23.2 Å². The second-order valence-corrected chi connectivity index (χ2v) is 7.58. The van der Waals surface area contributed by atoms with Crippen LogP contribution in [0.4, 0.5) is 5.69 Å². The summed E-state index contributed by atoms with van der Waals surface area (Å²) in [7, 11) is 0. The summed E-state index contributed by atoms with van der Waals surface area (Å²) in [6, 6.07) is 14.1. The Labute approximate surface area is 175 Å². The number of hydrogen-bond donors (Lipinski definition) is 3. The second-order valence-electron chi connectivity index (χ2n) is 7.15. The highest BCUT2D eigenvalue weighted by molar-refractivity contribution is 6.30. The van der Waals surface area contributed by atoms with Crippen LogP contribution in [0.25, 0.3) is 16.8 Å². The molecule has 3 aromatic rings. The lowest BCUT2D eigenvalue weighted by Crippen LogP contribution is -2.31. The minimum absolute atomic E-state index is 0.0543. The number of nitrogens with zero attached hydrogens (tertiary/aromatic N) is 3. The van der Waals surface area contributed by atoms with Crippen LogP contribution in [0.5, 0.6) is 0 Å². The maximum atomic E-state index is 6.35. The van der Waals surface area contributed by atoms with E-state index in [1.165, 1.54) is 6.33 Å². The molecule has 0 aliphatic carbocycles. The van der Waals surface area contributed by atoms with Crippen molar-refractivity contribution in [2.45, 2.75) is 19.4 Å².